The lowest BCUT2D eigenvalue weighted by Crippen LogP contribution is -2.01. The lowest BCUT2D eigenvalue weighted by Gasteiger charge is -2.06. The number of carbonyl (C=O) groups excluding carboxylic acids is 1. The molecule has 4 heteroatoms. The van der Waals surface area contributed by atoms with Crippen molar-refractivity contribution in [2.45, 2.75) is 11.8 Å². The van der Waals surface area contributed by atoms with Crippen LogP contribution in [0.25, 0.3) is 0 Å². The Morgan fingerprint density at radius 3 is 2.50 bits per heavy atom. The van der Waals surface area contributed by atoms with E-state index in [1.165, 1.54) is 0 Å². The number of hydrogen-bond acceptors (Lipinski definition) is 3. The molecule has 92 valence electrons. The van der Waals surface area contributed by atoms with E-state index < -0.39 is 0 Å². The highest BCUT2D eigenvalue weighted by Crippen LogP contribution is 2.27. The Kier molecular flexibility index (Phi) is 3.94. The zero-order valence-corrected chi connectivity index (χ0v) is 11.4. The monoisotopic (exact) mass is 277 g/mol. The summed E-state index contributed by atoms with van der Waals surface area (Å²) >= 11 is 6.95. The summed E-state index contributed by atoms with van der Waals surface area (Å²) in [5.41, 5.74) is 7.92. The van der Waals surface area contributed by atoms with Gasteiger partial charge in [-0.3, -0.25) is 4.79 Å². The minimum Gasteiger partial charge on any atom is -0.398 e. The lowest BCUT2D eigenvalue weighted by molar-refractivity contribution is 0.108. The molecule has 0 spiro atoms. The minimum absolute atomic E-state index is 0.0569. The van der Waals surface area contributed by atoms with Crippen molar-refractivity contribution in [1.82, 2.24) is 0 Å². The fraction of sp³-hybridized carbons (Fsp3) is 0.0714. The molecule has 2 rings (SSSR count). The molecule has 0 aliphatic rings. The first-order chi connectivity index (χ1) is 8.58. The summed E-state index contributed by atoms with van der Waals surface area (Å²) in [6.45, 7) is 1.89. The van der Waals surface area contributed by atoms with E-state index in [2.05, 4.69) is 0 Å². The summed E-state index contributed by atoms with van der Waals surface area (Å²) in [5, 5.41) is 0.598. The smallest absolute Gasteiger partial charge is 0.226 e. The van der Waals surface area contributed by atoms with Crippen LogP contribution in [0.3, 0.4) is 0 Å². The van der Waals surface area contributed by atoms with Gasteiger partial charge in [0.25, 0.3) is 0 Å². The average molecular weight is 278 g/mol. The van der Waals surface area contributed by atoms with Crippen LogP contribution < -0.4 is 5.73 Å². The topological polar surface area (TPSA) is 43.1 Å². The first-order valence-corrected chi connectivity index (χ1v) is 6.60. The van der Waals surface area contributed by atoms with Gasteiger partial charge in [0, 0.05) is 15.6 Å². The number of benzene rings is 2. The zero-order valence-electron chi connectivity index (χ0n) is 9.81. The number of nitrogens with two attached hydrogens (primary N) is 1. The van der Waals surface area contributed by atoms with Gasteiger partial charge in [-0.1, -0.05) is 23.7 Å². The van der Waals surface area contributed by atoms with E-state index in [-0.39, 0.29) is 5.12 Å². The third kappa shape index (κ3) is 2.86. The molecule has 2 aromatic carbocycles. The van der Waals surface area contributed by atoms with Gasteiger partial charge in [0.05, 0.1) is 5.56 Å². The maximum Gasteiger partial charge on any atom is 0.226 e. The van der Waals surface area contributed by atoms with Crippen molar-refractivity contribution < 1.29 is 4.79 Å². The molecule has 2 aromatic rings. The highest BCUT2D eigenvalue weighted by Gasteiger charge is 2.12. The highest BCUT2D eigenvalue weighted by atomic mass is 35.5. The normalized spacial score (nSPS) is 10.3. The number of carbonyl (C=O) groups is 1. The maximum absolute atomic E-state index is 12.1. The zero-order chi connectivity index (χ0) is 13.1. The largest absolute Gasteiger partial charge is 0.398 e. The second kappa shape index (κ2) is 5.46. The second-order valence-corrected chi connectivity index (χ2v) is 5.36. The van der Waals surface area contributed by atoms with Crippen molar-refractivity contribution in [1.29, 1.82) is 0 Å². The van der Waals surface area contributed by atoms with Crippen LogP contribution in [0.5, 0.6) is 0 Å². The molecule has 0 aliphatic heterocycles. The van der Waals surface area contributed by atoms with Gasteiger partial charge in [-0.2, -0.15) is 0 Å². The molecule has 0 aromatic heterocycles. The van der Waals surface area contributed by atoms with Crippen LogP contribution in [-0.4, -0.2) is 5.12 Å². The number of rotatable bonds is 2. The van der Waals surface area contributed by atoms with Gasteiger partial charge >= 0.3 is 0 Å². The number of hydrogen-bond donors (Lipinski definition) is 1. The molecule has 0 atom stereocenters. The molecule has 0 heterocycles. The number of thioether (sulfide) groups is 1. The van der Waals surface area contributed by atoms with E-state index in [0.717, 1.165) is 22.2 Å². The third-order valence-electron chi connectivity index (χ3n) is 2.57. The average Bonchev–Trinajstić information content (AvgIpc) is 2.35. The Balaban J connectivity index is 2.22. The van der Waals surface area contributed by atoms with Crippen molar-refractivity contribution in [3.8, 4) is 0 Å². The molecule has 2 N–H and O–H groups in total. The molecule has 0 saturated heterocycles. The summed E-state index contributed by atoms with van der Waals surface area (Å²) in [6.07, 6.45) is 0. The van der Waals surface area contributed by atoms with Crippen LogP contribution in [0, 0.1) is 6.92 Å². The number of nitrogen functional groups attached to an aromatic ring is 1. The summed E-state index contributed by atoms with van der Waals surface area (Å²) in [4.78, 5) is 13.0. The second-order valence-electron chi connectivity index (χ2n) is 3.88. The highest BCUT2D eigenvalue weighted by molar-refractivity contribution is 8.14. The van der Waals surface area contributed by atoms with Crippen LogP contribution >= 0.6 is 23.4 Å². The number of halogens is 1. The fourth-order valence-electron chi connectivity index (χ4n) is 1.52. The molecular weight excluding hydrogens is 266 g/mol. The molecular formula is C14H12ClNOS. The van der Waals surface area contributed by atoms with Crippen molar-refractivity contribution in [3.05, 3.63) is 58.6 Å². The van der Waals surface area contributed by atoms with Crippen LogP contribution in [0.4, 0.5) is 5.69 Å². The molecule has 0 saturated carbocycles. The van der Waals surface area contributed by atoms with E-state index in [4.69, 9.17) is 17.3 Å². The van der Waals surface area contributed by atoms with Gasteiger partial charge in [0.2, 0.25) is 5.12 Å². The Morgan fingerprint density at radius 2 is 1.83 bits per heavy atom. The van der Waals surface area contributed by atoms with Gasteiger partial charge in [0.1, 0.15) is 0 Å². The van der Waals surface area contributed by atoms with Crippen LogP contribution in [0.2, 0.25) is 5.02 Å². The predicted molar refractivity (Wildman–Crippen MR) is 77.2 cm³/mol. The van der Waals surface area contributed by atoms with E-state index in [1.807, 2.05) is 31.2 Å². The minimum atomic E-state index is -0.0569. The fourth-order valence-corrected chi connectivity index (χ4v) is 2.42. The van der Waals surface area contributed by atoms with Crippen LogP contribution in [0.15, 0.2) is 47.4 Å². The summed E-state index contributed by atoms with van der Waals surface area (Å²) in [6, 6.07) is 12.6. The standard InChI is InChI=1S/C14H12ClNOS/c1-9-3-2-4-12(13(9)16)14(17)18-11-7-5-10(15)6-8-11/h2-8H,16H2,1H3. The van der Waals surface area contributed by atoms with Gasteiger partial charge in [-0.25, -0.2) is 0 Å². The Bertz CT molecular complexity index is 581. The van der Waals surface area contributed by atoms with Crippen LogP contribution in [-0.2, 0) is 0 Å². The van der Waals surface area contributed by atoms with Crippen molar-refractivity contribution in [3.63, 3.8) is 0 Å². The quantitative estimate of drug-likeness (QED) is 0.662. The number of anilines is 1. The van der Waals surface area contributed by atoms with Crippen molar-refractivity contribution in [2.75, 3.05) is 5.73 Å². The van der Waals surface area contributed by atoms with E-state index >= 15 is 0 Å². The van der Waals surface area contributed by atoms with Gasteiger partial charge in [-0.15, -0.1) is 0 Å². The van der Waals surface area contributed by atoms with E-state index in [0.29, 0.717) is 16.3 Å². The maximum atomic E-state index is 12.1. The molecule has 0 amide bonds. The molecule has 0 bridgehead atoms. The first-order valence-electron chi connectivity index (χ1n) is 5.41. The SMILES string of the molecule is Cc1cccc(C(=O)Sc2ccc(Cl)cc2)c1N. The van der Waals surface area contributed by atoms with Gasteiger partial charge in [-0.05, 0) is 54.6 Å². The summed E-state index contributed by atoms with van der Waals surface area (Å²) < 4.78 is 0. The molecule has 0 unspecified atom stereocenters. The van der Waals surface area contributed by atoms with Gasteiger partial charge in [0.15, 0.2) is 0 Å². The van der Waals surface area contributed by atoms with Crippen LogP contribution in [0.1, 0.15) is 15.9 Å². The molecule has 18 heavy (non-hydrogen) atoms. The Morgan fingerprint density at radius 1 is 1.17 bits per heavy atom. The summed E-state index contributed by atoms with van der Waals surface area (Å²) in [5.74, 6) is 0. The number of aryl methyl sites for hydroxylation is 1. The van der Waals surface area contributed by atoms with Crippen molar-refractivity contribution >= 4 is 34.2 Å². The molecule has 0 radical (unpaired) electrons. The van der Waals surface area contributed by atoms with Gasteiger partial charge < -0.3 is 5.73 Å². The molecule has 2 nitrogen and oxygen atoms in total. The molecule has 0 fully saturated rings. The van der Waals surface area contributed by atoms with E-state index in [1.54, 1.807) is 18.2 Å². The Labute approximate surface area is 115 Å². The third-order valence-corrected chi connectivity index (χ3v) is 3.73. The lowest BCUT2D eigenvalue weighted by atomic mass is 10.1. The predicted octanol–water partition coefficient (Wildman–Crippen LogP) is 4.16. The molecule has 0 aliphatic carbocycles. The van der Waals surface area contributed by atoms with E-state index in [9.17, 15) is 4.79 Å². The first kappa shape index (κ1) is 13.0. The summed E-state index contributed by atoms with van der Waals surface area (Å²) in [7, 11) is 0. The number of para-hydroxylation sites is 1. The van der Waals surface area contributed by atoms with Crippen molar-refractivity contribution in [2.24, 2.45) is 0 Å². The Hall–Kier alpha value is -1.45.